The van der Waals surface area contributed by atoms with Gasteiger partial charge in [0.25, 0.3) is 0 Å². The summed E-state index contributed by atoms with van der Waals surface area (Å²) in [6, 6.07) is 83.5. The number of hydrogen-bond acceptors (Lipinski definition) is 2. The van der Waals surface area contributed by atoms with Gasteiger partial charge < -0.3 is 4.57 Å². The van der Waals surface area contributed by atoms with Crippen molar-refractivity contribution in [2.75, 3.05) is 0 Å². The molecule has 0 unspecified atom stereocenters. The molecule has 302 valence electrons. The lowest BCUT2D eigenvalue weighted by molar-refractivity contribution is 1.19. The lowest BCUT2D eigenvalue weighted by Gasteiger charge is -2.19. The van der Waals surface area contributed by atoms with Gasteiger partial charge in [-0.3, -0.25) is 0 Å². The minimum Gasteiger partial charge on any atom is -0.309 e. The van der Waals surface area contributed by atoms with Crippen LogP contribution in [0, 0.1) is 0 Å². The fourth-order valence-corrected chi connectivity index (χ4v) is 13.2. The van der Waals surface area contributed by atoms with E-state index in [2.05, 4.69) is 229 Å². The molecule has 0 N–H and O–H groups in total. The quantitative estimate of drug-likeness (QED) is 0.152. The molecule has 65 heavy (non-hydrogen) atoms. The van der Waals surface area contributed by atoms with Gasteiger partial charge in [-0.25, -0.2) is 0 Å². The van der Waals surface area contributed by atoms with Gasteiger partial charge in [-0.2, -0.15) is 0 Å². The highest BCUT2D eigenvalue weighted by Crippen LogP contribution is 2.47. The van der Waals surface area contributed by atoms with E-state index in [0.717, 1.165) is 5.69 Å². The number of hydrogen-bond donors (Lipinski definition) is 0. The summed E-state index contributed by atoms with van der Waals surface area (Å²) in [5.74, 6) is 0. The second kappa shape index (κ2) is 14.4. The van der Waals surface area contributed by atoms with Gasteiger partial charge in [0.2, 0.25) is 0 Å². The van der Waals surface area contributed by atoms with E-state index in [9.17, 15) is 0 Å². The van der Waals surface area contributed by atoms with Crippen LogP contribution in [0.5, 0.6) is 0 Å². The summed E-state index contributed by atoms with van der Waals surface area (Å²) in [4.78, 5) is 0. The van der Waals surface area contributed by atoms with E-state index < -0.39 is 0 Å². The molecule has 3 heterocycles. The molecule has 0 saturated heterocycles. The van der Waals surface area contributed by atoms with E-state index in [4.69, 9.17) is 0 Å². The molecule has 0 spiro atoms. The molecule has 0 aliphatic heterocycles. The Balaban J connectivity index is 1.06. The Hall–Kier alpha value is -7.82. The zero-order valence-electron chi connectivity index (χ0n) is 35.1. The lowest BCUT2D eigenvalue weighted by atomic mass is 9.86. The van der Waals surface area contributed by atoms with Crippen molar-refractivity contribution in [1.82, 2.24) is 4.57 Å². The molecule has 0 aliphatic carbocycles. The van der Waals surface area contributed by atoms with Crippen molar-refractivity contribution >= 4 is 106 Å². The van der Waals surface area contributed by atoms with E-state index in [-0.39, 0.29) is 0 Å². The summed E-state index contributed by atoms with van der Waals surface area (Å²) in [7, 11) is 0. The van der Waals surface area contributed by atoms with Gasteiger partial charge in [0.1, 0.15) is 0 Å². The maximum Gasteiger partial charge on any atom is 0.0541 e. The molecule has 0 fully saturated rings. The van der Waals surface area contributed by atoms with E-state index in [1.165, 1.54) is 128 Å². The van der Waals surface area contributed by atoms with Crippen LogP contribution in [-0.2, 0) is 0 Å². The predicted molar refractivity (Wildman–Crippen MR) is 283 cm³/mol. The monoisotopic (exact) mass is 859 g/mol. The molecule has 0 bridgehead atoms. The summed E-state index contributed by atoms with van der Waals surface area (Å²) in [6.45, 7) is 0. The largest absolute Gasteiger partial charge is 0.309 e. The Morgan fingerprint density at radius 2 is 0.692 bits per heavy atom. The Morgan fingerprint density at radius 3 is 1.22 bits per heavy atom. The third-order valence-electron chi connectivity index (χ3n) is 13.6. The average Bonchev–Trinajstić information content (AvgIpc) is 4.05. The van der Waals surface area contributed by atoms with Gasteiger partial charge in [0, 0.05) is 56.8 Å². The van der Waals surface area contributed by atoms with Crippen molar-refractivity contribution in [2.24, 2.45) is 0 Å². The number of benzene rings is 11. The molecule has 0 amide bonds. The highest BCUT2D eigenvalue weighted by Gasteiger charge is 2.21. The number of aromatic nitrogens is 1. The fourth-order valence-electron chi connectivity index (χ4n) is 10.7. The molecule has 0 saturated carbocycles. The topological polar surface area (TPSA) is 4.93 Å². The van der Waals surface area contributed by atoms with Crippen LogP contribution in [0.3, 0.4) is 0 Å². The third-order valence-corrected chi connectivity index (χ3v) is 16.0. The molecule has 0 atom stereocenters. The second-order valence-electron chi connectivity index (χ2n) is 17.1. The Bertz CT molecular complexity index is 4060. The van der Waals surface area contributed by atoms with E-state index in [0.29, 0.717) is 0 Å². The van der Waals surface area contributed by atoms with Crippen molar-refractivity contribution < 1.29 is 0 Å². The number of thiophene rings is 2. The predicted octanol–water partition coefficient (Wildman–Crippen LogP) is 18.5. The van der Waals surface area contributed by atoms with E-state index >= 15 is 0 Å². The van der Waals surface area contributed by atoms with Gasteiger partial charge >= 0.3 is 0 Å². The summed E-state index contributed by atoms with van der Waals surface area (Å²) in [5, 5.41) is 12.8. The molecule has 0 radical (unpaired) electrons. The zero-order chi connectivity index (χ0) is 42.6. The van der Waals surface area contributed by atoms with Crippen molar-refractivity contribution in [2.45, 2.75) is 0 Å². The van der Waals surface area contributed by atoms with Crippen molar-refractivity contribution in [3.05, 3.63) is 224 Å². The van der Waals surface area contributed by atoms with Crippen LogP contribution in [0.25, 0.3) is 134 Å². The molecule has 0 aliphatic rings. The second-order valence-corrected chi connectivity index (χ2v) is 19.2. The molecule has 3 aromatic heterocycles. The number of rotatable bonds is 5. The van der Waals surface area contributed by atoms with Crippen LogP contribution in [0.2, 0.25) is 0 Å². The van der Waals surface area contributed by atoms with Crippen LogP contribution in [0.4, 0.5) is 0 Å². The first-order valence-electron chi connectivity index (χ1n) is 22.2. The third kappa shape index (κ3) is 5.56. The van der Waals surface area contributed by atoms with Gasteiger partial charge in [0.05, 0.1) is 11.0 Å². The lowest BCUT2D eigenvalue weighted by Crippen LogP contribution is -1.96. The number of fused-ring (bicyclic) bond motifs is 11. The van der Waals surface area contributed by atoms with Crippen molar-refractivity contribution in [3.63, 3.8) is 0 Å². The summed E-state index contributed by atoms with van der Waals surface area (Å²) in [6.07, 6.45) is 0. The molecule has 14 rings (SSSR count). The Morgan fingerprint density at radius 1 is 0.262 bits per heavy atom. The maximum absolute atomic E-state index is 2.50. The molecular weight excluding hydrogens is 823 g/mol. The molecule has 14 aromatic rings. The van der Waals surface area contributed by atoms with Crippen molar-refractivity contribution in [3.8, 4) is 50.2 Å². The van der Waals surface area contributed by atoms with Crippen LogP contribution in [-0.4, -0.2) is 4.57 Å². The highest BCUT2D eigenvalue weighted by molar-refractivity contribution is 7.26. The molecular formula is C62H37NS2. The molecule has 1 nitrogen and oxygen atoms in total. The van der Waals surface area contributed by atoms with Gasteiger partial charge in [0.15, 0.2) is 0 Å². The van der Waals surface area contributed by atoms with Crippen LogP contribution >= 0.6 is 22.7 Å². The zero-order valence-corrected chi connectivity index (χ0v) is 36.8. The van der Waals surface area contributed by atoms with Crippen LogP contribution in [0.1, 0.15) is 0 Å². The highest BCUT2D eigenvalue weighted by atomic mass is 32.1. The van der Waals surface area contributed by atoms with Gasteiger partial charge in [-0.15, -0.1) is 22.7 Å². The average molecular weight is 860 g/mol. The van der Waals surface area contributed by atoms with Gasteiger partial charge in [-0.1, -0.05) is 176 Å². The minimum atomic E-state index is 1.14. The molecule has 11 aromatic carbocycles. The van der Waals surface area contributed by atoms with E-state index in [1.54, 1.807) is 0 Å². The van der Waals surface area contributed by atoms with E-state index in [1.807, 2.05) is 22.7 Å². The first-order chi connectivity index (χ1) is 32.2. The Labute approximate surface area is 383 Å². The smallest absolute Gasteiger partial charge is 0.0541 e. The SMILES string of the molecule is c1ccc(-c2c3ccccc3c(-c3ccccc3)c3cc(-n4c5ccc(-c6cccc7c6sc6ccccc67)cc5c5cc(-c6cccc7c6sc6ccccc67)ccc54)ccc23)cc1. The normalized spacial score (nSPS) is 12.0. The first kappa shape index (κ1) is 36.6. The summed E-state index contributed by atoms with van der Waals surface area (Å²) < 4.78 is 7.81. The van der Waals surface area contributed by atoms with Gasteiger partial charge in [-0.05, 0) is 115 Å². The summed E-state index contributed by atoms with van der Waals surface area (Å²) >= 11 is 3.79. The van der Waals surface area contributed by atoms with Crippen LogP contribution < -0.4 is 0 Å². The maximum atomic E-state index is 2.50. The fraction of sp³-hybridized carbons (Fsp3) is 0. The number of nitrogens with zero attached hydrogens (tertiary/aromatic N) is 1. The molecule has 3 heteroatoms. The van der Waals surface area contributed by atoms with Crippen LogP contribution in [0.15, 0.2) is 224 Å². The minimum absolute atomic E-state index is 1.14. The summed E-state index contributed by atoms with van der Waals surface area (Å²) in [5.41, 5.74) is 13.5. The standard InChI is InChI=1S/C62H37NS2/c1-3-15-38(16-4-1)59-47-21-7-8-22-48(47)60(39-17-5-2-6-18-39)54-37-42(31-32-49(54)59)63-55-33-29-40(43-23-13-25-50-45-19-9-11-27-57(45)64-61(43)50)35-52(55)53-36-41(30-34-56(53)63)44-24-14-26-51-46-20-10-12-28-58(46)65-62(44)51/h1-37H. The first-order valence-corrected chi connectivity index (χ1v) is 23.9. The Kier molecular flexibility index (Phi) is 8.09. The van der Waals surface area contributed by atoms with Crippen molar-refractivity contribution in [1.29, 1.82) is 0 Å².